The maximum Gasteiger partial charge on any atom is 0.258 e. The Balaban J connectivity index is 1.65. The second-order valence-corrected chi connectivity index (χ2v) is 5.08. The summed E-state index contributed by atoms with van der Waals surface area (Å²) in [6, 6.07) is 13.4. The minimum atomic E-state index is -0.283. The lowest BCUT2D eigenvalue weighted by Crippen LogP contribution is -2.13. The Hall–Kier alpha value is -3.15. The topological polar surface area (TPSA) is 80.0 Å². The molecule has 2 aromatic heterocycles. The molecule has 0 saturated heterocycles. The Morgan fingerprint density at radius 2 is 2.00 bits per heavy atom. The first-order chi connectivity index (χ1) is 11.2. The van der Waals surface area contributed by atoms with Gasteiger partial charge in [0.1, 0.15) is 5.76 Å². The fourth-order valence-corrected chi connectivity index (χ4v) is 2.07. The molecular weight excluding hydrogens is 292 g/mol. The Morgan fingerprint density at radius 3 is 2.74 bits per heavy atom. The minimum Gasteiger partial charge on any atom is -0.380 e. The summed E-state index contributed by atoms with van der Waals surface area (Å²) < 4.78 is 4.92. The van der Waals surface area contributed by atoms with Crippen LogP contribution in [0.5, 0.6) is 0 Å². The molecule has 0 aliphatic heterocycles. The van der Waals surface area contributed by atoms with E-state index >= 15 is 0 Å². The predicted molar refractivity (Wildman–Crippen MR) is 87.2 cm³/mol. The molecule has 0 aliphatic carbocycles. The molecule has 2 heterocycles. The molecule has 1 aromatic carbocycles. The van der Waals surface area contributed by atoms with Gasteiger partial charge in [0, 0.05) is 25.0 Å². The summed E-state index contributed by atoms with van der Waals surface area (Å²) in [5.74, 6) is 0.737. The zero-order chi connectivity index (χ0) is 16.1. The average Bonchev–Trinajstić information content (AvgIpc) is 2.99. The highest BCUT2D eigenvalue weighted by Crippen LogP contribution is 2.13. The van der Waals surface area contributed by atoms with Gasteiger partial charge in [0.2, 0.25) is 0 Å². The second kappa shape index (κ2) is 6.74. The van der Waals surface area contributed by atoms with Gasteiger partial charge < -0.3 is 15.2 Å². The van der Waals surface area contributed by atoms with E-state index in [1.54, 1.807) is 25.3 Å². The van der Waals surface area contributed by atoms with Crippen LogP contribution in [0.25, 0.3) is 0 Å². The number of amides is 1. The highest BCUT2D eigenvalue weighted by Gasteiger charge is 2.10. The lowest BCUT2D eigenvalue weighted by Gasteiger charge is -2.07. The molecule has 1 amide bonds. The van der Waals surface area contributed by atoms with E-state index in [9.17, 15) is 4.79 Å². The van der Waals surface area contributed by atoms with Crippen LogP contribution in [0.4, 0.5) is 11.5 Å². The van der Waals surface area contributed by atoms with Gasteiger partial charge in [-0.05, 0) is 18.6 Å². The summed E-state index contributed by atoms with van der Waals surface area (Å²) in [7, 11) is 0. The van der Waals surface area contributed by atoms with Crippen molar-refractivity contribution in [2.24, 2.45) is 0 Å². The number of carbonyl (C=O) groups excluding carboxylic acids is 1. The fourth-order valence-electron chi connectivity index (χ4n) is 2.07. The van der Waals surface area contributed by atoms with E-state index in [1.807, 2.05) is 30.3 Å². The standard InChI is InChI=1S/C17H16N4O2/c1-12-7-16(21-23-12)20-17(22)14-8-15(11-18-10-14)19-9-13-5-3-2-4-6-13/h2-8,10-11,19H,9H2,1H3,(H,20,21,22). The molecule has 6 heteroatoms. The molecule has 3 rings (SSSR count). The molecule has 6 nitrogen and oxygen atoms in total. The zero-order valence-electron chi connectivity index (χ0n) is 12.6. The lowest BCUT2D eigenvalue weighted by molar-refractivity contribution is 0.102. The van der Waals surface area contributed by atoms with Crippen LogP contribution in [-0.2, 0) is 6.54 Å². The van der Waals surface area contributed by atoms with Crippen LogP contribution >= 0.6 is 0 Å². The maximum atomic E-state index is 12.2. The molecule has 0 saturated carbocycles. The third-order valence-corrected chi connectivity index (χ3v) is 3.21. The van der Waals surface area contributed by atoms with Gasteiger partial charge in [0.15, 0.2) is 5.82 Å². The van der Waals surface area contributed by atoms with E-state index in [4.69, 9.17) is 4.52 Å². The molecule has 0 bridgehead atoms. The summed E-state index contributed by atoms with van der Waals surface area (Å²) in [5, 5.41) is 9.65. The number of hydrogen-bond acceptors (Lipinski definition) is 5. The first-order valence-electron chi connectivity index (χ1n) is 7.18. The third kappa shape index (κ3) is 3.94. The number of carbonyl (C=O) groups is 1. The van der Waals surface area contributed by atoms with Crippen molar-refractivity contribution in [3.8, 4) is 0 Å². The number of aryl methyl sites for hydroxylation is 1. The SMILES string of the molecule is Cc1cc(NC(=O)c2cncc(NCc3ccccc3)c2)no1. The number of benzene rings is 1. The van der Waals surface area contributed by atoms with Crippen molar-refractivity contribution in [2.45, 2.75) is 13.5 Å². The van der Waals surface area contributed by atoms with E-state index in [0.29, 0.717) is 23.7 Å². The monoisotopic (exact) mass is 308 g/mol. The van der Waals surface area contributed by atoms with Gasteiger partial charge in [0.05, 0.1) is 11.3 Å². The van der Waals surface area contributed by atoms with Gasteiger partial charge in [-0.2, -0.15) is 0 Å². The van der Waals surface area contributed by atoms with Crippen molar-refractivity contribution < 1.29 is 9.32 Å². The summed E-state index contributed by atoms with van der Waals surface area (Å²) in [6.07, 6.45) is 3.19. The number of anilines is 2. The lowest BCUT2D eigenvalue weighted by atomic mass is 10.2. The summed E-state index contributed by atoms with van der Waals surface area (Å²) in [6.45, 7) is 2.43. The average molecular weight is 308 g/mol. The number of nitrogens with one attached hydrogen (secondary N) is 2. The largest absolute Gasteiger partial charge is 0.380 e. The molecule has 23 heavy (non-hydrogen) atoms. The predicted octanol–water partition coefficient (Wildman–Crippen LogP) is 3.24. The summed E-state index contributed by atoms with van der Waals surface area (Å²) >= 11 is 0. The molecule has 116 valence electrons. The quantitative estimate of drug-likeness (QED) is 0.756. The molecule has 0 radical (unpaired) electrons. The Kier molecular flexibility index (Phi) is 4.33. The molecule has 0 fully saturated rings. The van der Waals surface area contributed by atoms with Gasteiger partial charge in [0.25, 0.3) is 5.91 Å². The molecule has 3 aromatic rings. The molecular formula is C17H16N4O2. The smallest absolute Gasteiger partial charge is 0.258 e. The van der Waals surface area contributed by atoms with E-state index < -0.39 is 0 Å². The number of hydrogen-bond donors (Lipinski definition) is 2. The van der Waals surface area contributed by atoms with E-state index in [2.05, 4.69) is 20.8 Å². The second-order valence-electron chi connectivity index (χ2n) is 5.08. The van der Waals surface area contributed by atoms with Crippen LogP contribution in [0.3, 0.4) is 0 Å². The van der Waals surface area contributed by atoms with E-state index in [0.717, 1.165) is 11.3 Å². The highest BCUT2D eigenvalue weighted by molar-refractivity contribution is 6.04. The fraction of sp³-hybridized carbons (Fsp3) is 0.118. The van der Waals surface area contributed by atoms with Crippen LogP contribution in [0.15, 0.2) is 59.4 Å². The van der Waals surface area contributed by atoms with Crippen molar-refractivity contribution in [2.75, 3.05) is 10.6 Å². The Morgan fingerprint density at radius 1 is 1.17 bits per heavy atom. The molecule has 0 unspecified atom stereocenters. The van der Waals surface area contributed by atoms with Gasteiger partial charge in [-0.15, -0.1) is 0 Å². The first-order valence-corrected chi connectivity index (χ1v) is 7.18. The molecule has 0 aliphatic rings. The zero-order valence-corrected chi connectivity index (χ0v) is 12.6. The van der Waals surface area contributed by atoms with Gasteiger partial charge in [-0.1, -0.05) is 35.5 Å². The van der Waals surface area contributed by atoms with Crippen LogP contribution < -0.4 is 10.6 Å². The Labute approximate surface area is 133 Å². The summed E-state index contributed by atoms with van der Waals surface area (Å²) in [5.41, 5.74) is 2.38. The van der Waals surface area contributed by atoms with E-state index in [1.165, 1.54) is 6.20 Å². The number of rotatable bonds is 5. The van der Waals surface area contributed by atoms with E-state index in [-0.39, 0.29) is 5.91 Å². The number of aromatic nitrogens is 2. The highest BCUT2D eigenvalue weighted by atomic mass is 16.5. The van der Waals surface area contributed by atoms with Crippen LogP contribution in [0.1, 0.15) is 21.7 Å². The van der Waals surface area contributed by atoms with Crippen molar-refractivity contribution in [1.29, 1.82) is 0 Å². The van der Waals surface area contributed by atoms with Crippen LogP contribution in [-0.4, -0.2) is 16.0 Å². The summed E-state index contributed by atoms with van der Waals surface area (Å²) in [4.78, 5) is 16.3. The van der Waals surface area contributed by atoms with Gasteiger partial charge in [-0.3, -0.25) is 9.78 Å². The van der Waals surface area contributed by atoms with Crippen LogP contribution in [0, 0.1) is 6.92 Å². The van der Waals surface area contributed by atoms with Crippen molar-refractivity contribution in [1.82, 2.24) is 10.1 Å². The van der Waals surface area contributed by atoms with Gasteiger partial charge in [-0.25, -0.2) is 0 Å². The first kappa shape index (κ1) is 14.8. The molecule has 0 spiro atoms. The molecule has 0 atom stereocenters. The van der Waals surface area contributed by atoms with Crippen LogP contribution in [0.2, 0.25) is 0 Å². The normalized spacial score (nSPS) is 10.3. The van der Waals surface area contributed by atoms with Crippen molar-refractivity contribution >= 4 is 17.4 Å². The van der Waals surface area contributed by atoms with Crippen molar-refractivity contribution in [3.63, 3.8) is 0 Å². The van der Waals surface area contributed by atoms with Crippen molar-refractivity contribution in [3.05, 3.63) is 71.7 Å². The maximum absolute atomic E-state index is 12.2. The molecule has 2 N–H and O–H groups in total. The number of nitrogens with zero attached hydrogens (tertiary/aromatic N) is 2. The number of pyridine rings is 1. The minimum absolute atomic E-state index is 0.283. The third-order valence-electron chi connectivity index (χ3n) is 3.21. The van der Waals surface area contributed by atoms with Gasteiger partial charge >= 0.3 is 0 Å². The Bertz CT molecular complexity index is 799.